The summed E-state index contributed by atoms with van der Waals surface area (Å²) in [4.78, 5) is 24.4. The van der Waals surface area contributed by atoms with Gasteiger partial charge in [0.15, 0.2) is 5.11 Å². The smallest absolute Gasteiger partial charge is 0.280 e. The number of amides is 2. The molecule has 2 aromatic carbocycles. The van der Waals surface area contributed by atoms with Gasteiger partial charge in [-0.1, -0.05) is 42.5 Å². The van der Waals surface area contributed by atoms with E-state index in [4.69, 9.17) is 12.2 Å². The molecule has 0 unspecified atom stereocenters. The molecule has 1 aliphatic rings. The molecule has 0 aromatic heterocycles. The Bertz CT molecular complexity index is 726. The Balaban J connectivity index is 1.55. The lowest BCUT2D eigenvalue weighted by Gasteiger charge is -2.17. The first kappa shape index (κ1) is 15.2. The second-order valence-corrected chi connectivity index (χ2v) is 5.50. The minimum absolute atomic E-state index is 0.246. The molecule has 2 aromatic rings. The number of hydrazine groups is 1. The molecule has 3 rings (SSSR count). The van der Waals surface area contributed by atoms with Crippen LogP contribution in [0.2, 0.25) is 0 Å². The van der Waals surface area contributed by atoms with E-state index in [1.807, 2.05) is 30.3 Å². The van der Waals surface area contributed by atoms with Crippen molar-refractivity contribution in [2.75, 3.05) is 6.54 Å². The van der Waals surface area contributed by atoms with Crippen LogP contribution in [0.15, 0.2) is 54.6 Å². The van der Waals surface area contributed by atoms with Crippen LogP contribution in [0, 0.1) is 0 Å². The van der Waals surface area contributed by atoms with E-state index < -0.39 is 11.8 Å². The molecule has 2 N–H and O–H groups in total. The summed E-state index contributed by atoms with van der Waals surface area (Å²) < 4.78 is 0. The lowest BCUT2D eigenvalue weighted by atomic mass is 10.1. The number of hydrogen-bond acceptors (Lipinski definition) is 3. The number of fused-ring (bicyclic) bond motifs is 1. The van der Waals surface area contributed by atoms with Gasteiger partial charge in [0.05, 0.1) is 11.1 Å². The van der Waals surface area contributed by atoms with Crippen LogP contribution in [0.3, 0.4) is 0 Å². The molecule has 0 fully saturated rings. The number of thiocarbonyl (C=S) groups is 1. The molecule has 0 spiro atoms. The molecule has 0 saturated carbocycles. The van der Waals surface area contributed by atoms with Gasteiger partial charge in [-0.25, -0.2) is 0 Å². The number of imide groups is 1. The summed E-state index contributed by atoms with van der Waals surface area (Å²) in [5, 5.41) is 4.19. The zero-order valence-electron chi connectivity index (χ0n) is 12.3. The van der Waals surface area contributed by atoms with E-state index in [0.717, 1.165) is 11.4 Å². The Hall–Kier alpha value is -2.73. The molecule has 0 bridgehead atoms. The zero-order chi connectivity index (χ0) is 16.2. The van der Waals surface area contributed by atoms with E-state index in [1.165, 1.54) is 5.56 Å². The molecule has 0 aliphatic carbocycles. The summed E-state index contributed by atoms with van der Waals surface area (Å²) >= 11 is 5.15. The lowest BCUT2D eigenvalue weighted by molar-refractivity contribution is 0.0611. The first-order valence-electron chi connectivity index (χ1n) is 7.23. The number of carbonyl (C=O) groups is 2. The fourth-order valence-electron chi connectivity index (χ4n) is 2.40. The van der Waals surface area contributed by atoms with Crippen LogP contribution in [0.1, 0.15) is 26.3 Å². The van der Waals surface area contributed by atoms with Gasteiger partial charge in [-0.05, 0) is 36.3 Å². The molecule has 0 atom stereocenters. The average molecular weight is 325 g/mol. The third-order valence-electron chi connectivity index (χ3n) is 3.55. The van der Waals surface area contributed by atoms with Crippen LogP contribution >= 0.6 is 12.2 Å². The number of rotatable bonds is 4. The zero-order valence-corrected chi connectivity index (χ0v) is 13.1. The van der Waals surface area contributed by atoms with Gasteiger partial charge in [0.1, 0.15) is 0 Å². The van der Waals surface area contributed by atoms with Crippen molar-refractivity contribution in [3.63, 3.8) is 0 Å². The summed E-state index contributed by atoms with van der Waals surface area (Å²) in [6.07, 6.45) is 0.796. The molecule has 0 saturated heterocycles. The quantitative estimate of drug-likeness (QED) is 0.664. The molecule has 0 radical (unpaired) electrons. The summed E-state index contributed by atoms with van der Waals surface area (Å²) in [7, 11) is 0. The van der Waals surface area contributed by atoms with E-state index in [-0.39, 0.29) is 5.11 Å². The highest BCUT2D eigenvalue weighted by Gasteiger charge is 2.35. The van der Waals surface area contributed by atoms with Crippen molar-refractivity contribution in [3.8, 4) is 0 Å². The normalized spacial score (nSPS) is 13.0. The Labute approximate surface area is 139 Å². The highest BCUT2D eigenvalue weighted by molar-refractivity contribution is 7.80. The fourth-order valence-corrected chi connectivity index (χ4v) is 2.59. The molecule has 6 heteroatoms. The SMILES string of the molecule is O=C1c2ccccc2C(=O)N1NC(=S)NCCc1ccccc1. The number of carbonyl (C=O) groups excluding carboxylic acids is 2. The van der Waals surface area contributed by atoms with Crippen LogP contribution in [-0.4, -0.2) is 28.5 Å². The van der Waals surface area contributed by atoms with E-state index in [1.54, 1.807) is 24.3 Å². The van der Waals surface area contributed by atoms with Crippen molar-refractivity contribution in [1.29, 1.82) is 0 Å². The number of nitrogens with one attached hydrogen (secondary N) is 2. The molecule has 1 aliphatic heterocycles. The maximum absolute atomic E-state index is 12.2. The minimum Gasteiger partial charge on any atom is -0.361 e. The van der Waals surface area contributed by atoms with Gasteiger partial charge in [-0.3, -0.25) is 15.0 Å². The van der Waals surface area contributed by atoms with Crippen molar-refractivity contribution in [3.05, 3.63) is 71.3 Å². The van der Waals surface area contributed by atoms with Crippen molar-refractivity contribution in [2.24, 2.45) is 0 Å². The average Bonchev–Trinajstić information content (AvgIpc) is 2.81. The summed E-state index contributed by atoms with van der Waals surface area (Å²) in [5.74, 6) is -0.782. The third-order valence-corrected chi connectivity index (χ3v) is 3.79. The third kappa shape index (κ3) is 3.22. The topological polar surface area (TPSA) is 61.4 Å². The second kappa shape index (κ2) is 6.58. The van der Waals surface area contributed by atoms with Crippen LogP contribution in [0.25, 0.3) is 0 Å². The molecule has 5 nitrogen and oxygen atoms in total. The van der Waals surface area contributed by atoms with Crippen LogP contribution in [0.4, 0.5) is 0 Å². The van der Waals surface area contributed by atoms with E-state index >= 15 is 0 Å². The predicted octanol–water partition coefficient (Wildman–Crippen LogP) is 1.90. The predicted molar refractivity (Wildman–Crippen MR) is 90.8 cm³/mol. The molecule has 23 heavy (non-hydrogen) atoms. The number of hydrogen-bond donors (Lipinski definition) is 2. The van der Waals surface area contributed by atoms with E-state index in [0.29, 0.717) is 17.7 Å². The maximum atomic E-state index is 12.2. The highest BCUT2D eigenvalue weighted by atomic mass is 32.1. The standard InChI is InChI=1S/C17H15N3O2S/c21-15-13-8-4-5-9-14(13)16(22)20(15)19-17(23)18-11-10-12-6-2-1-3-7-12/h1-9H,10-11H2,(H2,18,19,23). The minimum atomic E-state index is -0.391. The van der Waals surface area contributed by atoms with Crippen molar-refractivity contribution < 1.29 is 9.59 Å². The molecular formula is C17H15N3O2S. The van der Waals surface area contributed by atoms with Crippen molar-refractivity contribution in [1.82, 2.24) is 15.8 Å². The highest BCUT2D eigenvalue weighted by Crippen LogP contribution is 2.20. The summed E-state index contributed by atoms with van der Waals surface area (Å²) in [5.41, 5.74) is 4.62. The van der Waals surface area contributed by atoms with Gasteiger partial charge in [-0.2, -0.15) is 5.01 Å². The van der Waals surface area contributed by atoms with Gasteiger partial charge in [0.2, 0.25) is 0 Å². The Morgan fingerprint density at radius 3 is 2.09 bits per heavy atom. The van der Waals surface area contributed by atoms with E-state index in [9.17, 15) is 9.59 Å². The van der Waals surface area contributed by atoms with Crippen LogP contribution in [0.5, 0.6) is 0 Å². The maximum Gasteiger partial charge on any atom is 0.280 e. The van der Waals surface area contributed by atoms with Crippen LogP contribution < -0.4 is 10.7 Å². The Kier molecular flexibility index (Phi) is 4.34. The molecule has 1 heterocycles. The van der Waals surface area contributed by atoms with Crippen LogP contribution in [-0.2, 0) is 6.42 Å². The Morgan fingerprint density at radius 1 is 0.913 bits per heavy atom. The summed E-state index contributed by atoms with van der Waals surface area (Å²) in [6, 6.07) is 16.7. The Morgan fingerprint density at radius 2 is 1.48 bits per heavy atom. The molecule has 116 valence electrons. The monoisotopic (exact) mass is 325 g/mol. The van der Waals surface area contributed by atoms with Crippen molar-refractivity contribution in [2.45, 2.75) is 6.42 Å². The molecular weight excluding hydrogens is 310 g/mol. The number of benzene rings is 2. The van der Waals surface area contributed by atoms with Crippen molar-refractivity contribution >= 4 is 29.1 Å². The van der Waals surface area contributed by atoms with Gasteiger partial charge in [0, 0.05) is 6.54 Å². The van der Waals surface area contributed by atoms with E-state index in [2.05, 4.69) is 10.7 Å². The lowest BCUT2D eigenvalue weighted by Crippen LogP contribution is -2.50. The van der Waals surface area contributed by atoms with Gasteiger partial charge in [-0.15, -0.1) is 0 Å². The first-order valence-corrected chi connectivity index (χ1v) is 7.64. The van der Waals surface area contributed by atoms with Gasteiger partial charge in [0.25, 0.3) is 11.8 Å². The number of nitrogens with zero attached hydrogens (tertiary/aromatic N) is 1. The summed E-state index contributed by atoms with van der Waals surface area (Å²) in [6.45, 7) is 0.610. The molecule has 2 amide bonds. The fraction of sp³-hybridized carbons (Fsp3) is 0.118. The van der Waals surface area contributed by atoms with Gasteiger partial charge >= 0.3 is 0 Å². The second-order valence-electron chi connectivity index (χ2n) is 5.09. The van der Waals surface area contributed by atoms with Gasteiger partial charge < -0.3 is 5.32 Å². The first-order chi connectivity index (χ1) is 11.2. The largest absolute Gasteiger partial charge is 0.361 e.